The Kier molecular flexibility index (Phi) is 8.67. The summed E-state index contributed by atoms with van der Waals surface area (Å²) >= 11 is 0. The van der Waals surface area contributed by atoms with Crippen LogP contribution in [0.3, 0.4) is 0 Å². The molecular formula is C19H29ClFN3O3S. The van der Waals surface area contributed by atoms with Gasteiger partial charge in [0, 0.05) is 25.6 Å². The average molecular weight is 434 g/mol. The number of halogens is 2. The molecule has 28 heavy (non-hydrogen) atoms. The quantitative estimate of drug-likeness (QED) is 0.721. The molecule has 9 heteroatoms. The van der Waals surface area contributed by atoms with Crippen LogP contribution in [0.4, 0.5) is 4.39 Å². The first-order valence-corrected chi connectivity index (χ1v) is 11.2. The summed E-state index contributed by atoms with van der Waals surface area (Å²) in [5, 5.41) is 3.33. The minimum atomic E-state index is -3.67. The minimum Gasteiger partial charge on any atom is -0.343 e. The number of carbonyl (C=O) groups is 1. The molecule has 2 N–H and O–H groups in total. The largest absolute Gasteiger partial charge is 0.343 e. The summed E-state index contributed by atoms with van der Waals surface area (Å²) in [6, 6.07) is 4.60. The fourth-order valence-corrected chi connectivity index (χ4v) is 5.11. The Hall–Kier alpha value is -1.22. The number of nitrogens with zero attached hydrogens (tertiary/aromatic N) is 1. The van der Waals surface area contributed by atoms with Crippen molar-refractivity contribution in [2.45, 2.75) is 49.5 Å². The molecular weight excluding hydrogens is 405 g/mol. The van der Waals surface area contributed by atoms with Crippen LogP contribution in [0.1, 0.15) is 38.5 Å². The first kappa shape index (κ1) is 23.1. The van der Waals surface area contributed by atoms with Crippen LogP contribution in [-0.2, 0) is 14.8 Å². The maximum absolute atomic E-state index is 13.0. The molecule has 2 aliphatic rings. The summed E-state index contributed by atoms with van der Waals surface area (Å²) < 4.78 is 40.4. The molecule has 0 saturated carbocycles. The van der Waals surface area contributed by atoms with Crippen molar-refractivity contribution in [3.05, 3.63) is 30.1 Å². The lowest BCUT2D eigenvalue weighted by molar-refractivity contribution is -0.132. The van der Waals surface area contributed by atoms with Crippen LogP contribution in [0.15, 0.2) is 29.2 Å². The van der Waals surface area contributed by atoms with Gasteiger partial charge in [-0.15, -0.1) is 12.4 Å². The van der Waals surface area contributed by atoms with E-state index in [2.05, 4.69) is 10.0 Å². The van der Waals surface area contributed by atoms with E-state index in [1.165, 1.54) is 12.1 Å². The standard InChI is InChI=1S/C19H28FN3O3S.ClH/c20-16-2-4-18(5-3-16)27(25,26)22-17-9-13-23(14-10-17)19(24)6-1-15-7-11-21-12-8-15;/h2-5,15,17,21-22H,1,6-14H2;1H. The van der Waals surface area contributed by atoms with Crippen LogP contribution in [0.5, 0.6) is 0 Å². The summed E-state index contributed by atoms with van der Waals surface area (Å²) in [6.07, 6.45) is 4.99. The highest BCUT2D eigenvalue weighted by molar-refractivity contribution is 7.89. The van der Waals surface area contributed by atoms with E-state index in [9.17, 15) is 17.6 Å². The molecule has 2 saturated heterocycles. The molecule has 0 aromatic heterocycles. The lowest BCUT2D eigenvalue weighted by Gasteiger charge is -2.33. The van der Waals surface area contributed by atoms with Crippen molar-refractivity contribution in [3.63, 3.8) is 0 Å². The lowest BCUT2D eigenvalue weighted by Crippen LogP contribution is -2.46. The summed E-state index contributed by atoms with van der Waals surface area (Å²) in [4.78, 5) is 14.3. The van der Waals surface area contributed by atoms with E-state index in [4.69, 9.17) is 0 Å². The smallest absolute Gasteiger partial charge is 0.240 e. The number of sulfonamides is 1. The van der Waals surface area contributed by atoms with Gasteiger partial charge in [-0.2, -0.15) is 0 Å². The number of carbonyl (C=O) groups excluding carboxylic acids is 1. The van der Waals surface area contributed by atoms with Crippen LogP contribution in [0.25, 0.3) is 0 Å². The number of piperidine rings is 2. The number of benzene rings is 1. The molecule has 3 rings (SSSR count). The maximum Gasteiger partial charge on any atom is 0.240 e. The number of amides is 1. The Morgan fingerprint density at radius 3 is 2.32 bits per heavy atom. The van der Waals surface area contributed by atoms with Crippen LogP contribution in [-0.4, -0.2) is 51.4 Å². The lowest BCUT2D eigenvalue weighted by atomic mass is 9.93. The van der Waals surface area contributed by atoms with Gasteiger partial charge in [0.2, 0.25) is 15.9 Å². The molecule has 0 aliphatic carbocycles. The van der Waals surface area contributed by atoms with Crippen LogP contribution in [0, 0.1) is 11.7 Å². The van der Waals surface area contributed by atoms with Gasteiger partial charge in [-0.05, 0) is 75.4 Å². The predicted molar refractivity (Wildman–Crippen MR) is 108 cm³/mol. The Bertz CT molecular complexity index is 731. The number of hydrogen-bond acceptors (Lipinski definition) is 4. The van der Waals surface area contributed by atoms with E-state index in [1.54, 1.807) is 0 Å². The average Bonchev–Trinajstić information content (AvgIpc) is 2.67. The summed E-state index contributed by atoms with van der Waals surface area (Å²) in [7, 11) is -3.67. The molecule has 2 fully saturated rings. The number of likely N-dealkylation sites (tertiary alicyclic amines) is 1. The molecule has 0 radical (unpaired) electrons. The van der Waals surface area contributed by atoms with Gasteiger partial charge < -0.3 is 10.2 Å². The van der Waals surface area contributed by atoms with Crippen molar-refractivity contribution in [3.8, 4) is 0 Å². The van der Waals surface area contributed by atoms with E-state index < -0.39 is 15.8 Å². The molecule has 0 unspecified atom stereocenters. The van der Waals surface area contributed by atoms with E-state index in [0.29, 0.717) is 38.3 Å². The van der Waals surface area contributed by atoms with E-state index >= 15 is 0 Å². The topological polar surface area (TPSA) is 78.5 Å². The summed E-state index contributed by atoms with van der Waals surface area (Å²) in [5.41, 5.74) is 0. The zero-order valence-electron chi connectivity index (χ0n) is 15.9. The molecule has 2 heterocycles. The van der Waals surface area contributed by atoms with Crippen molar-refractivity contribution >= 4 is 28.3 Å². The maximum atomic E-state index is 13.0. The van der Waals surface area contributed by atoms with Crippen LogP contribution < -0.4 is 10.0 Å². The normalized spacial score (nSPS) is 19.2. The first-order chi connectivity index (χ1) is 12.9. The van der Waals surface area contributed by atoms with Gasteiger partial charge in [0.05, 0.1) is 4.90 Å². The fraction of sp³-hybridized carbons (Fsp3) is 0.632. The molecule has 1 amide bonds. The number of rotatable bonds is 6. The summed E-state index contributed by atoms with van der Waals surface area (Å²) in [6.45, 7) is 3.22. The van der Waals surface area contributed by atoms with Gasteiger partial charge in [-0.3, -0.25) is 4.79 Å². The van der Waals surface area contributed by atoms with Gasteiger partial charge >= 0.3 is 0 Å². The van der Waals surface area contributed by atoms with Crippen molar-refractivity contribution < 1.29 is 17.6 Å². The van der Waals surface area contributed by atoms with E-state index in [0.717, 1.165) is 44.5 Å². The zero-order chi connectivity index (χ0) is 19.3. The zero-order valence-corrected chi connectivity index (χ0v) is 17.5. The number of nitrogens with one attached hydrogen (secondary N) is 2. The van der Waals surface area contributed by atoms with Crippen molar-refractivity contribution in [2.24, 2.45) is 5.92 Å². The number of hydrogen-bond donors (Lipinski definition) is 2. The third-order valence-corrected chi connectivity index (χ3v) is 7.05. The molecule has 2 aliphatic heterocycles. The van der Waals surface area contributed by atoms with Crippen molar-refractivity contribution in [1.82, 2.24) is 14.9 Å². The second kappa shape index (κ2) is 10.5. The molecule has 1 aromatic carbocycles. The molecule has 0 atom stereocenters. The third kappa shape index (κ3) is 6.40. The first-order valence-electron chi connectivity index (χ1n) is 9.70. The predicted octanol–water partition coefficient (Wildman–Crippen LogP) is 2.30. The Labute approximate surface area is 172 Å². The van der Waals surface area contributed by atoms with Crippen LogP contribution in [0.2, 0.25) is 0 Å². The molecule has 0 spiro atoms. The summed E-state index contributed by atoms with van der Waals surface area (Å²) in [5.74, 6) is 0.342. The molecule has 0 bridgehead atoms. The Morgan fingerprint density at radius 1 is 1.11 bits per heavy atom. The van der Waals surface area contributed by atoms with Gasteiger partial charge in [0.15, 0.2) is 0 Å². The molecule has 6 nitrogen and oxygen atoms in total. The third-order valence-electron chi connectivity index (χ3n) is 5.52. The van der Waals surface area contributed by atoms with Crippen LogP contribution >= 0.6 is 12.4 Å². The highest BCUT2D eigenvalue weighted by Gasteiger charge is 2.27. The minimum absolute atomic E-state index is 0. The monoisotopic (exact) mass is 433 g/mol. The Balaban J connectivity index is 0.00000280. The second-order valence-corrected chi connectivity index (χ2v) is 9.18. The highest BCUT2D eigenvalue weighted by Crippen LogP contribution is 2.20. The van der Waals surface area contributed by atoms with Gasteiger partial charge in [-0.1, -0.05) is 0 Å². The van der Waals surface area contributed by atoms with Gasteiger partial charge in [-0.25, -0.2) is 17.5 Å². The SMILES string of the molecule is Cl.O=C(CCC1CCNCC1)N1CCC(NS(=O)(=O)c2ccc(F)cc2)CC1. The fourth-order valence-electron chi connectivity index (χ4n) is 3.80. The van der Waals surface area contributed by atoms with E-state index in [1.807, 2.05) is 4.90 Å². The Morgan fingerprint density at radius 2 is 1.71 bits per heavy atom. The van der Waals surface area contributed by atoms with Crippen molar-refractivity contribution in [1.29, 1.82) is 0 Å². The van der Waals surface area contributed by atoms with Gasteiger partial charge in [0.25, 0.3) is 0 Å². The van der Waals surface area contributed by atoms with E-state index in [-0.39, 0.29) is 29.3 Å². The van der Waals surface area contributed by atoms with Gasteiger partial charge in [0.1, 0.15) is 5.82 Å². The second-order valence-electron chi connectivity index (χ2n) is 7.46. The molecule has 158 valence electrons. The molecule has 1 aromatic rings. The highest BCUT2D eigenvalue weighted by atomic mass is 35.5. The van der Waals surface area contributed by atoms with Crippen molar-refractivity contribution in [2.75, 3.05) is 26.2 Å².